The van der Waals surface area contributed by atoms with E-state index in [9.17, 15) is 4.79 Å². The highest BCUT2D eigenvalue weighted by Crippen LogP contribution is 2.30. The first kappa shape index (κ1) is 13.6. The topological polar surface area (TPSA) is 23.6 Å². The molecular weight excluding hydrogens is 248 g/mol. The predicted octanol–water partition coefficient (Wildman–Crippen LogP) is 2.70. The lowest BCUT2D eigenvalue weighted by atomic mass is 9.93. The zero-order valence-corrected chi connectivity index (χ0v) is 12.3. The number of para-hydroxylation sites is 1. The van der Waals surface area contributed by atoms with Gasteiger partial charge in [-0.15, -0.1) is 0 Å². The van der Waals surface area contributed by atoms with Crippen LogP contribution in [0.3, 0.4) is 0 Å². The Morgan fingerprint density at radius 3 is 2.70 bits per heavy atom. The summed E-state index contributed by atoms with van der Waals surface area (Å²) in [5.74, 6) is 0.580. The van der Waals surface area contributed by atoms with E-state index in [-0.39, 0.29) is 5.92 Å². The number of nitrogens with zero attached hydrogens (tertiary/aromatic N) is 2. The fourth-order valence-corrected chi connectivity index (χ4v) is 3.48. The number of benzene rings is 1. The van der Waals surface area contributed by atoms with Crippen LogP contribution in [-0.4, -0.2) is 37.0 Å². The Balaban J connectivity index is 1.72. The van der Waals surface area contributed by atoms with E-state index in [1.54, 1.807) is 0 Å². The van der Waals surface area contributed by atoms with Crippen molar-refractivity contribution < 1.29 is 4.79 Å². The van der Waals surface area contributed by atoms with Crippen molar-refractivity contribution in [2.75, 3.05) is 31.1 Å². The lowest BCUT2D eigenvalue weighted by molar-refractivity contribution is -0.123. The molecule has 1 fully saturated rings. The summed E-state index contributed by atoms with van der Waals surface area (Å²) >= 11 is 0. The molecule has 0 N–H and O–H groups in total. The van der Waals surface area contributed by atoms with Gasteiger partial charge in [0, 0.05) is 18.2 Å². The smallest absolute Gasteiger partial charge is 0.230 e. The third-order valence-corrected chi connectivity index (χ3v) is 4.76. The van der Waals surface area contributed by atoms with Gasteiger partial charge in [0.2, 0.25) is 5.91 Å². The first-order valence-electron chi connectivity index (χ1n) is 7.91. The number of fused-ring (bicyclic) bond motifs is 1. The summed E-state index contributed by atoms with van der Waals surface area (Å²) in [6.45, 7) is 6.34. The molecule has 3 rings (SSSR count). The van der Waals surface area contributed by atoms with Crippen LogP contribution in [0.1, 0.15) is 31.7 Å². The molecule has 0 saturated carbocycles. The van der Waals surface area contributed by atoms with Crippen LogP contribution in [0.2, 0.25) is 0 Å². The number of carbonyl (C=O) groups excluding carboxylic acids is 1. The molecule has 1 aromatic carbocycles. The largest absolute Gasteiger partial charge is 0.312 e. The van der Waals surface area contributed by atoms with Gasteiger partial charge in [-0.25, -0.2) is 0 Å². The van der Waals surface area contributed by atoms with E-state index in [2.05, 4.69) is 30.0 Å². The summed E-state index contributed by atoms with van der Waals surface area (Å²) in [5, 5.41) is 0. The van der Waals surface area contributed by atoms with Crippen LogP contribution < -0.4 is 4.90 Å². The molecule has 1 amide bonds. The van der Waals surface area contributed by atoms with Gasteiger partial charge in [0.15, 0.2) is 0 Å². The van der Waals surface area contributed by atoms with Crippen LogP contribution in [0.5, 0.6) is 0 Å². The molecule has 2 aliphatic rings. The van der Waals surface area contributed by atoms with Crippen molar-refractivity contribution in [1.82, 2.24) is 4.90 Å². The lowest BCUT2D eigenvalue weighted by Crippen LogP contribution is -2.44. The second-order valence-electron chi connectivity index (χ2n) is 5.93. The number of hydrogen-bond acceptors (Lipinski definition) is 2. The highest BCUT2D eigenvalue weighted by atomic mass is 16.2. The van der Waals surface area contributed by atoms with Gasteiger partial charge in [0.25, 0.3) is 0 Å². The maximum Gasteiger partial charge on any atom is 0.230 e. The zero-order valence-electron chi connectivity index (χ0n) is 12.3. The number of rotatable bonds is 2. The van der Waals surface area contributed by atoms with E-state index < -0.39 is 0 Å². The molecule has 1 aromatic rings. The Morgan fingerprint density at radius 2 is 1.95 bits per heavy atom. The van der Waals surface area contributed by atoms with E-state index in [4.69, 9.17) is 0 Å². The van der Waals surface area contributed by atoms with Crippen LogP contribution >= 0.6 is 0 Å². The molecular formula is C17H24N2O. The molecule has 20 heavy (non-hydrogen) atoms. The van der Waals surface area contributed by atoms with Gasteiger partial charge in [-0.2, -0.15) is 0 Å². The lowest BCUT2D eigenvalue weighted by Gasteiger charge is -2.36. The normalized spacial score (nSPS) is 20.8. The third kappa shape index (κ3) is 2.59. The summed E-state index contributed by atoms with van der Waals surface area (Å²) in [7, 11) is 0. The van der Waals surface area contributed by atoms with E-state index in [1.807, 2.05) is 11.0 Å². The quantitative estimate of drug-likeness (QED) is 0.826. The van der Waals surface area contributed by atoms with Crippen LogP contribution in [0.15, 0.2) is 24.3 Å². The van der Waals surface area contributed by atoms with Crippen molar-refractivity contribution in [1.29, 1.82) is 0 Å². The molecule has 0 bridgehead atoms. The number of likely N-dealkylation sites (tertiary alicyclic amines) is 1. The number of hydrogen-bond donors (Lipinski definition) is 0. The minimum Gasteiger partial charge on any atom is -0.312 e. The average Bonchev–Trinajstić information content (AvgIpc) is 2.54. The molecule has 3 heteroatoms. The van der Waals surface area contributed by atoms with Crippen molar-refractivity contribution in [2.24, 2.45) is 5.92 Å². The van der Waals surface area contributed by atoms with E-state index >= 15 is 0 Å². The average molecular weight is 272 g/mol. The molecule has 1 saturated heterocycles. The number of aryl methyl sites for hydroxylation is 1. The Morgan fingerprint density at radius 1 is 1.20 bits per heavy atom. The molecule has 108 valence electrons. The maximum atomic E-state index is 12.8. The van der Waals surface area contributed by atoms with E-state index in [1.165, 1.54) is 5.56 Å². The van der Waals surface area contributed by atoms with Gasteiger partial charge in [0.05, 0.1) is 0 Å². The Bertz CT molecular complexity index is 478. The van der Waals surface area contributed by atoms with Crippen molar-refractivity contribution in [3.8, 4) is 0 Å². The minimum atomic E-state index is 0.226. The van der Waals surface area contributed by atoms with Gasteiger partial charge < -0.3 is 9.80 Å². The van der Waals surface area contributed by atoms with Crippen molar-refractivity contribution >= 4 is 11.6 Å². The van der Waals surface area contributed by atoms with Crippen LogP contribution in [0, 0.1) is 5.92 Å². The molecule has 0 aromatic heterocycles. The summed E-state index contributed by atoms with van der Waals surface area (Å²) in [6.07, 6.45) is 4.24. The van der Waals surface area contributed by atoms with Gasteiger partial charge in [-0.3, -0.25) is 4.79 Å². The minimum absolute atomic E-state index is 0.226. The molecule has 0 aliphatic carbocycles. The van der Waals surface area contributed by atoms with Crippen LogP contribution in [0.25, 0.3) is 0 Å². The maximum absolute atomic E-state index is 12.8. The third-order valence-electron chi connectivity index (χ3n) is 4.76. The summed E-state index contributed by atoms with van der Waals surface area (Å²) in [6, 6.07) is 8.39. The van der Waals surface area contributed by atoms with Gasteiger partial charge in [-0.1, -0.05) is 25.1 Å². The predicted molar refractivity (Wildman–Crippen MR) is 82.0 cm³/mol. The highest BCUT2D eigenvalue weighted by Gasteiger charge is 2.30. The fraction of sp³-hybridized carbons (Fsp3) is 0.588. The van der Waals surface area contributed by atoms with Crippen molar-refractivity contribution in [3.63, 3.8) is 0 Å². The Kier molecular flexibility index (Phi) is 4.06. The van der Waals surface area contributed by atoms with E-state index in [0.717, 1.165) is 57.5 Å². The number of piperidine rings is 1. The van der Waals surface area contributed by atoms with Crippen molar-refractivity contribution in [3.05, 3.63) is 29.8 Å². The van der Waals surface area contributed by atoms with Gasteiger partial charge >= 0.3 is 0 Å². The summed E-state index contributed by atoms with van der Waals surface area (Å²) in [4.78, 5) is 17.3. The van der Waals surface area contributed by atoms with Crippen molar-refractivity contribution in [2.45, 2.75) is 32.6 Å². The molecule has 2 aliphatic heterocycles. The fourth-order valence-electron chi connectivity index (χ4n) is 3.48. The Hall–Kier alpha value is -1.35. The van der Waals surface area contributed by atoms with E-state index in [0.29, 0.717) is 5.91 Å². The summed E-state index contributed by atoms with van der Waals surface area (Å²) in [5.41, 5.74) is 2.49. The molecule has 2 heterocycles. The highest BCUT2D eigenvalue weighted by molar-refractivity contribution is 5.96. The molecule has 0 radical (unpaired) electrons. The Labute approximate surface area is 121 Å². The number of amides is 1. The van der Waals surface area contributed by atoms with Crippen LogP contribution in [-0.2, 0) is 11.2 Å². The first-order valence-corrected chi connectivity index (χ1v) is 7.91. The number of anilines is 1. The SMILES string of the molecule is CCN1CCC(C(=O)N2CCCc3ccccc32)CC1. The molecule has 0 spiro atoms. The molecule has 0 atom stereocenters. The number of carbonyl (C=O) groups is 1. The zero-order chi connectivity index (χ0) is 13.9. The molecule has 3 nitrogen and oxygen atoms in total. The first-order chi connectivity index (χ1) is 9.79. The van der Waals surface area contributed by atoms with Crippen LogP contribution in [0.4, 0.5) is 5.69 Å². The molecule has 0 unspecified atom stereocenters. The second-order valence-corrected chi connectivity index (χ2v) is 5.93. The van der Waals surface area contributed by atoms with Gasteiger partial charge in [0.1, 0.15) is 0 Å². The second kappa shape index (κ2) is 5.96. The standard InChI is InChI=1S/C17H24N2O/c1-2-18-12-9-15(10-13-18)17(20)19-11-5-7-14-6-3-4-8-16(14)19/h3-4,6,8,15H,2,5,7,9-13H2,1H3. The van der Waals surface area contributed by atoms with Gasteiger partial charge in [-0.05, 0) is 56.9 Å². The monoisotopic (exact) mass is 272 g/mol. The summed E-state index contributed by atoms with van der Waals surface area (Å²) < 4.78 is 0.